The number of phosphoric acid groups is 1. The van der Waals surface area contributed by atoms with E-state index in [0.717, 1.165) is 24.1 Å². The molecule has 4 aromatic rings. The van der Waals surface area contributed by atoms with Crippen molar-refractivity contribution in [2.45, 2.75) is 91.3 Å². The lowest BCUT2D eigenvalue weighted by Crippen LogP contribution is -2.25. The van der Waals surface area contributed by atoms with Crippen LogP contribution in [-0.4, -0.2) is 32.4 Å². The highest BCUT2D eigenvalue weighted by molar-refractivity contribution is 7.48. The molecule has 0 N–H and O–H groups in total. The Bertz CT molecular complexity index is 1700. The van der Waals surface area contributed by atoms with Gasteiger partial charge in [0.2, 0.25) is 0 Å². The quantitative estimate of drug-likeness (QED) is 0.128. The molecule has 0 atom stereocenters. The van der Waals surface area contributed by atoms with E-state index < -0.39 is 31.6 Å². The zero-order valence-corrected chi connectivity index (χ0v) is 27.4. The molecule has 0 saturated heterocycles. The van der Waals surface area contributed by atoms with Crippen LogP contribution in [0.1, 0.15) is 91.3 Å². The zero-order valence-electron chi connectivity index (χ0n) is 26.5. The monoisotopic (exact) mass is 627 g/mol. The summed E-state index contributed by atoms with van der Waals surface area (Å²) in [4.78, 5) is 9.40. The third-order valence-corrected chi connectivity index (χ3v) is 8.78. The highest BCUT2D eigenvalue weighted by Crippen LogP contribution is 2.55. The number of halogens is 2. The summed E-state index contributed by atoms with van der Waals surface area (Å²) in [6.07, 6.45) is 5.43. The Hall–Kier alpha value is -3.17. The SMILES string of the molecule is CC(C)c1cc(-c2cn3c(-c4ccc(OCOP(=O)(OC(C)(C)C)OC(C)(C)C)cc4F)c(C4CC4)nc3cn2)ccc1F. The minimum Gasteiger partial charge on any atom is -0.467 e. The molecule has 2 heterocycles. The van der Waals surface area contributed by atoms with Gasteiger partial charge in [0.15, 0.2) is 12.4 Å². The number of hydrogen-bond donors (Lipinski definition) is 0. The zero-order chi connectivity index (χ0) is 32.0. The van der Waals surface area contributed by atoms with Crippen molar-refractivity contribution in [3.63, 3.8) is 0 Å². The minimum atomic E-state index is -4.00. The summed E-state index contributed by atoms with van der Waals surface area (Å²) >= 11 is 0. The highest BCUT2D eigenvalue weighted by atomic mass is 31.2. The number of nitrogens with zero attached hydrogens (tertiary/aromatic N) is 3. The molecular weight excluding hydrogens is 587 g/mol. The number of ether oxygens (including phenoxy) is 1. The van der Waals surface area contributed by atoms with Gasteiger partial charge in [-0.2, -0.15) is 0 Å². The summed E-state index contributed by atoms with van der Waals surface area (Å²) in [5.41, 5.74) is 2.78. The van der Waals surface area contributed by atoms with E-state index in [-0.39, 0.29) is 23.4 Å². The van der Waals surface area contributed by atoms with E-state index in [1.54, 1.807) is 72.0 Å². The summed E-state index contributed by atoms with van der Waals surface area (Å²) in [7, 11) is -4.00. The van der Waals surface area contributed by atoms with E-state index in [2.05, 4.69) is 4.98 Å². The molecule has 44 heavy (non-hydrogen) atoms. The van der Waals surface area contributed by atoms with Crippen LogP contribution in [0.2, 0.25) is 0 Å². The van der Waals surface area contributed by atoms with Gasteiger partial charge in [-0.15, -0.1) is 0 Å². The molecule has 0 spiro atoms. The maximum Gasteiger partial charge on any atom is 0.478 e. The van der Waals surface area contributed by atoms with Gasteiger partial charge in [0.1, 0.15) is 17.4 Å². The van der Waals surface area contributed by atoms with E-state index in [1.807, 2.05) is 24.4 Å². The van der Waals surface area contributed by atoms with Crippen LogP contribution in [0, 0.1) is 11.6 Å². The fraction of sp³-hybridized carbons (Fsp3) is 0.455. The van der Waals surface area contributed by atoms with Crippen molar-refractivity contribution in [1.82, 2.24) is 14.4 Å². The standard InChI is InChI=1S/C33H40F2N3O5P/c1-20(2)25-15-22(11-14-26(25)34)28-18-38-29(17-36-28)37-30(21-9-10-21)31(38)24-13-12-23(16-27(24)35)40-19-41-44(39,42-32(3,4)5)43-33(6,7)8/h11-18,20-21H,9-10,19H2,1-8H3. The van der Waals surface area contributed by atoms with Gasteiger partial charge in [0, 0.05) is 29.3 Å². The van der Waals surface area contributed by atoms with E-state index in [4.69, 9.17) is 23.3 Å². The number of rotatable bonds is 10. The summed E-state index contributed by atoms with van der Waals surface area (Å²) < 4.78 is 67.6. The van der Waals surface area contributed by atoms with Gasteiger partial charge in [0.05, 0.1) is 34.5 Å². The molecule has 236 valence electrons. The second kappa shape index (κ2) is 12.0. The lowest BCUT2D eigenvalue weighted by Gasteiger charge is -2.30. The molecule has 0 radical (unpaired) electrons. The number of phosphoric ester groups is 1. The van der Waals surface area contributed by atoms with Crippen molar-refractivity contribution in [2.24, 2.45) is 0 Å². The Labute approximate surface area is 257 Å². The van der Waals surface area contributed by atoms with Crippen LogP contribution in [0.5, 0.6) is 5.75 Å². The van der Waals surface area contributed by atoms with Gasteiger partial charge in [-0.25, -0.2) is 22.9 Å². The van der Waals surface area contributed by atoms with Crippen LogP contribution in [0.25, 0.3) is 28.2 Å². The summed E-state index contributed by atoms with van der Waals surface area (Å²) in [5, 5.41) is 0. The Morgan fingerprint density at radius 3 is 2.25 bits per heavy atom. The number of imidazole rings is 1. The van der Waals surface area contributed by atoms with Crippen LogP contribution in [0.4, 0.5) is 8.78 Å². The van der Waals surface area contributed by atoms with E-state index in [1.165, 1.54) is 12.1 Å². The highest BCUT2D eigenvalue weighted by Gasteiger charge is 2.37. The summed E-state index contributed by atoms with van der Waals surface area (Å²) in [6, 6.07) is 9.46. The van der Waals surface area contributed by atoms with Crippen molar-refractivity contribution >= 4 is 13.5 Å². The van der Waals surface area contributed by atoms with Gasteiger partial charge in [-0.3, -0.25) is 18.4 Å². The largest absolute Gasteiger partial charge is 0.478 e. The van der Waals surface area contributed by atoms with Gasteiger partial charge < -0.3 is 4.74 Å². The number of benzene rings is 2. The van der Waals surface area contributed by atoms with E-state index in [0.29, 0.717) is 28.2 Å². The van der Waals surface area contributed by atoms with Crippen LogP contribution >= 0.6 is 7.82 Å². The summed E-state index contributed by atoms with van der Waals surface area (Å²) in [6.45, 7) is 13.8. The molecule has 1 aliphatic rings. The summed E-state index contributed by atoms with van der Waals surface area (Å²) in [5.74, 6) is -0.358. The van der Waals surface area contributed by atoms with Crippen LogP contribution in [0.15, 0.2) is 48.8 Å². The fourth-order valence-electron chi connectivity index (χ4n) is 4.86. The predicted octanol–water partition coefficient (Wildman–Crippen LogP) is 9.43. The lowest BCUT2D eigenvalue weighted by molar-refractivity contribution is -0.0189. The first kappa shape index (κ1) is 32.2. The lowest BCUT2D eigenvalue weighted by atomic mass is 9.99. The second-order valence-electron chi connectivity index (χ2n) is 13.4. The number of fused-ring (bicyclic) bond motifs is 1. The Morgan fingerprint density at radius 1 is 0.977 bits per heavy atom. The van der Waals surface area contributed by atoms with Gasteiger partial charge in [0.25, 0.3) is 0 Å². The van der Waals surface area contributed by atoms with E-state index >= 15 is 4.39 Å². The number of hydrogen-bond acceptors (Lipinski definition) is 7. The molecule has 1 saturated carbocycles. The molecule has 2 aromatic heterocycles. The maximum absolute atomic E-state index is 15.8. The average Bonchev–Trinajstić information content (AvgIpc) is 3.67. The van der Waals surface area contributed by atoms with Crippen molar-refractivity contribution in [1.29, 1.82) is 0 Å². The minimum absolute atomic E-state index is 0.00755. The molecule has 8 nitrogen and oxygen atoms in total. The predicted molar refractivity (Wildman–Crippen MR) is 166 cm³/mol. The molecule has 0 unspecified atom stereocenters. The topological polar surface area (TPSA) is 84.2 Å². The smallest absolute Gasteiger partial charge is 0.467 e. The first-order chi connectivity index (χ1) is 20.5. The van der Waals surface area contributed by atoms with Crippen LogP contribution in [-0.2, 0) is 18.1 Å². The van der Waals surface area contributed by atoms with Gasteiger partial charge >= 0.3 is 7.82 Å². The molecule has 2 aromatic carbocycles. The first-order valence-corrected chi connectivity index (χ1v) is 16.2. The average molecular weight is 628 g/mol. The molecule has 1 fully saturated rings. The van der Waals surface area contributed by atoms with E-state index in [9.17, 15) is 8.96 Å². The normalized spacial score (nSPS) is 14.5. The molecular formula is C33H40F2N3O5P. The molecule has 1 aliphatic carbocycles. The molecule has 0 amide bonds. The van der Waals surface area contributed by atoms with Crippen molar-refractivity contribution in [2.75, 3.05) is 6.79 Å². The van der Waals surface area contributed by atoms with Gasteiger partial charge in [-0.05, 0) is 96.2 Å². The molecule has 0 bridgehead atoms. The molecule has 0 aliphatic heterocycles. The fourth-order valence-corrected chi connectivity index (χ4v) is 6.52. The van der Waals surface area contributed by atoms with Crippen molar-refractivity contribution in [3.8, 4) is 28.3 Å². The van der Waals surface area contributed by atoms with Crippen LogP contribution in [0.3, 0.4) is 0 Å². The Morgan fingerprint density at radius 2 is 1.66 bits per heavy atom. The third kappa shape index (κ3) is 7.54. The first-order valence-electron chi connectivity index (χ1n) is 14.8. The number of aromatic nitrogens is 3. The van der Waals surface area contributed by atoms with Crippen molar-refractivity contribution < 1.29 is 31.7 Å². The third-order valence-electron chi connectivity index (χ3n) is 6.82. The Kier molecular flexibility index (Phi) is 8.77. The molecule has 11 heteroatoms. The Balaban J connectivity index is 1.43. The van der Waals surface area contributed by atoms with Crippen molar-refractivity contribution in [3.05, 3.63) is 71.7 Å². The van der Waals surface area contributed by atoms with Crippen LogP contribution < -0.4 is 4.74 Å². The van der Waals surface area contributed by atoms with Gasteiger partial charge in [-0.1, -0.05) is 13.8 Å². The second-order valence-corrected chi connectivity index (χ2v) is 14.9. The molecule has 5 rings (SSSR count). The maximum atomic E-state index is 15.8.